The molecular weight excluding hydrogens is 706 g/mol. The van der Waals surface area contributed by atoms with E-state index in [1.165, 1.54) is 21.0 Å². The Bertz CT molecular complexity index is 1250. The van der Waals surface area contributed by atoms with Crippen LogP contribution in [0.1, 0.15) is 94.9 Å². The third-order valence-corrected chi connectivity index (χ3v) is 12.3. The Balaban J connectivity index is 2.27. The van der Waals surface area contributed by atoms with E-state index >= 15 is 0 Å². The number of ketones is 1. The second kappa shape index (κ2) is 18.8. The van der Waals surface area contributed by atoms with Crippen molar-refractivity contribution in [3.63, 3.8) is 0 Å². The number of carbonyl (C=O) groups is 3. The number of aliphatic hydroxyl groups is 4. The van der Waals surface area contributed by atoms with Gasteiger partial charge < -0.3 is 63.3 Å². The Morgan fingerprint density at radius 1 is 0.907 bits per heavy atom. The molecule has 314 valence electrons. The molecular formula is C39H69NO14. The van der Waals surface area contributed by atoms with E-state index in [-0.39, 0.29) is 38.0 Å². The number of nitrogens with zero attached hydrogens (tertiary/aromatic N) is 1. The van der Waals surface area contributed by atoms with Gasteiger partial charge in [0.05, 0.1) is 47.6 Å². The highest BCUT2D eigenvalue weighted by Crippen LogP contribution is 2.42. The average Bonchev–Trinajstić information content (AvgIpc) is 3.11. The lowest BCUT2D eigenvalue weighted by Gasteiger charge is -2.50. The maximum Gasteiger partial charge on any atom is 0.311 e. The molecule has 3 aliphatic heterocycles. The summed E-state index contributed by atoms with van der Waals surface area (Å²) in [4.78, 5) is 42.1. The van der Waals surface area contributed by atoms with Gasteiger partial charge in [-0.2, -0.15) is 0 Å². The summed E-state index contributed by atoms with van der Waals surface area (Å²) in [6.07, 6.45) is -9.10. The largest absolute Gasteiger partial charge is 0.459 e. The van der Waals surface area contributed by atoms with Gasteiger partial charge in [0.1, 0.15) is 42.6 Å². The Hall–Kier alpha value is -1.63. The van der Waals surface area contributed by atoms with Crippen molar-refractivity contribution in [2.45, 2.75) is 179 Å². The average molecular weight is 776 g/mol. The summed E-state index contributed by atoms with van der Waals surface area (Å²) in [5, 5.41) is 45.7. The third-order valence-electron chi connectivity index (χ3n) is 12.3. The van der Waals surface area contributed by atoms with Crippen molar-refractivity contribution in [3.05, 3.63) is 0 Å². The lowest BCUT2D eigenvalue weighted by atomic mass is 9.73. The maximum atomic E-state index is 14.2. The zero-order chi connectivity index (χ0) is 41.1. The predicted molar refractivity (Wildman–Crippen MR) is 196 cm³/mol. The molecule has 0 aromatic carbocycles. The zero-order valence-electron chi connectivity index (χ0n) is 34.6. The van der Waals surface area contributed by atoms with Gasteiger partial charge in [-0.05, 0) is 74.9 Å². The van der Waals surface area contributed by atoms with Gasteiger partial charge in [0.25, 0.3) is 0 Å². The molecule has 15 heteroatoms. The lowest BCUT2D eigenvalue weighted by Crippen LogP contribution is -2.61. The van der Waals surface area contributed by atoms with Gasteiger partial charge in [0.15, 0.2) is 12.6 Å². The number of Topliss-reactive ketones (excluding diaryl/α,β-unsaturated/α-hetero) is 1. The summed E-state index contributed by atoms with van der Waals surface area (Å²) in [5.74, 6) is -4.96. The molecule has 0 radical (unpaired) electrons. The van der Waals surface area contributed by atoms with E-state index in [0.29, 0.717) is 12.7 Å². The number of hydrogen-bond donors (Lipinski definition) is 4. The highest BCUT2D eigenvalue weighted by Gasteiger charge is 2.54. The standard InChI is InChI=1S/C39H69NO14/c1-14-27-39(10,47)32(44)22(4)29(42)20(2)18-38(9,49-16-15-41)34(54-36-30(43)26(40(11)12)17-21(3)50-36)23(5)31(24(6)35(46)52-27)53-28-19-37(8,48-13)33(45)25(7)51-28/h15,20-28,30-34,36,43-45,47H,14,16-19H2,1-13H3/t20-,21-,22+,23+,24-,25+,26+,27?,28+,30-,31?,32-,33+,34-,36+,37-,38-,39-/m1/s1. The molecule has 0 aromatic heterocycles. The number of esters is 1. The van der Waals surface area contributed by atoms with E-state index in [4.69, 9.17) is 33.2 Å². The molecule has 0 bridgehead atoms. The first-order valence-electron chi connectivity index (χ1n) is 19.4. The minimum atomic E-state index is -2.01. The van der Waals surface area contributed by atoms with Crippen molar-refractivity contribution in [3.8, 4) is 0 Å². The number of hydrogen-bond acceptors (Lipinski definition) is 15. The number of aliphatic hydroxyl groups excluding tert-OH is 3. The minimum absolute atomic E-state index is 0.0307. The highest BCUT2D eigenvalue weighted by atomic mass is 16.7. The van der Waals surface area contributed by atoms with Gasteiger partial charge in [-0.25, -0.2) is 0 Å². The fraction of sp³-hybridized carbons (Fsp3) is 0.923. The quantitative estimate of drug-likeness (QED) is 0.186. The molecule has 3 rings (SSSR count). The van der Waals surface area contributed by atoms with Gasteiger partial charge in [-0.15, -0.1) is 0 Å². The summed E-state index contributed by atoms with van der Waals surface area (Å²) < 4.78 is 43.9. The molecule has 0 aromatic rings. The molecule has 54 heavy (non-hydrogen) atoms. The van der Waals surface area contributed by atoms with Crippen LogP contribution in [0.15, 0.2) is 0 Å². The smallest absolute Gasteiger partial charge is 0.311 e. The summed E-state index contributed by atoms with van der Waals surface area (Å²) in [5.41, 5.74) is -4.56. The lowest BCUT2D eigenvalue weighted by molar-refractivity contribution is -0.320. The van der Waals surface area contributed by atoms with Crippen molar-refractivity contribution in [2.75, 3.05) is 27.8 Å². The number of carbonyl (C=O) groups excluding carboxylic acids is 3. The Kier molecular flexibility index (Phi) is 16.2. The van der Waals surface area contributed by atoms with E-state index < -0.39 is 108 Å². The summed E-state index contributed by atoms with van der Waals surface area (Å²) in [6.45, 7) is 16.2. The van der Waals surface area contributed by atoms with Gasteiger partial charge in [-0.1, -0.05) is 27.7 Å². The van der Waals surface area contributed by atoms with Crippen LogP contribution < -0.4 is 0 Å². The van der Waals surface area contributed by atoms with Crippen molar-refractivity contribution < 1.29 is 68.0 Å². The molecule has 0 aliphatic carbocycles. The van der Waals surface area contributed by atoms with Crippen LogP contribution >= 0.6 is 0 Å². The van der Waals surface area contributed by atoms with Crippen LogP contribution in [0, 0.1) is 23.7 Å². The summed E-state index contributed by atoms with van der Waals surface area (Å²) >= 11 is 0. The Morgan fingerprint density at radius 2 is 1.54 bits per heavy atom. The first kappa shape index (κ1) is 46.8. The van der Waals surface area contributed by atoms with Crippen LogP contribution in [0.25, 0.3) is 0 Å². The second-order valence-electron chi connectivity index (χ2n) is 16.9. The molecule has 3 saturated heterocycles. The topological polar surface area (TPSA) is 200 Å². The van der Waals surface area contributed by atoms with E-state index in [1.807, 2.05) is 25.9 Å². The molecule has 3 heterocycles. The SMILES string of the molecule is CCC1OC(=O)[C@H](C)C(O[C@H]2C[C@@](C)(OC)[C@@H](O)[C@H](C)O2)[C@H](C)[C@@H](O[C@@H]2O[C@H](C)C[C@H](N(C)C)[C@H]2O)[C@](C)(OCC=O)C[C@@H](C)C(=O)[C@H](C)[C@@H](O)[C@]1(C)O. The monoisotopic (exact) mass is 775 g/mol. The van der Waals surface area contributed by atoms with E-state index in [9.17, 15) is 34.8 Å². The van der Waals surface area contributed by atoms with Gasteiger partial charge in [-0.3, -0.25) is 9.59 Å². The molecule has 18 atom stereocenters. The molecule has 0 saturated carbocycles. The normalized spacial score (nSPS) is 47.6. The number of ether oxygens (including phenoxy) is 7. The minimum Gasteiger partial charge on any atom is -0.459 e. The molecule has 4 N–H and O–H groups in total. The van der Waals surface area contributed by atoms with Crippen LogP contribution in [0.3, 0.4) is 0 Å². The van der Waals surface area contributed by atoms with Crippen molar-refractivity contribution in [2.24, 2.45) is 23.7 Å². The third kappa shape index (κ3) is 10.1. The van der Waals surface area contributed by atoms with Crippen molar-refractivity contribution >= 4 is 18.0 Å². The number of likely N-dealkylation sites (N-methyl/N-ethyl adjacent to an activating group) is 1. The van der Waals surface area contributed by atoms with Crippen molar-refractivity contribution in [1.29, 1.82) is 0 Å². The Labute approximate surface area is 321 Å². The van der Waals surface area contributed by atoms with Gasteiger partial charge in [0, 0.05) is 37.3 Å². The van der Waals surface area contributed by atoms with E-state index in [1.54, 1.807) is 48.5 Å². The highest BCUT2D eigenvalue weighted by molar-refractivity contribution is 5.83. The van der Waals surface area contributed by atoms with Crippen LogP contribution in [0.4, 0.5) is 0 Å². The van der Waals surface area contributed by atoms with E-state index in [2.05, 4.69) is 0 Å². The number of cyclic esters (lactones) is 1. The van der Waals surface area contributed by atoms with Crippen LogP contribution in [-0.2, 0) is 47.5 Å². The van der Waals surface area contributed by atoms with E-state index in [0.717, 1.165) is 0 Å². The van der Waals surface area contributed by atoms with Crippen molar-refractivity contribution in [1.82, 2.24) is 4.90 Å². The zero-order valence-corrected chi connectivity index (χ0v) is 34.6. The fourth-order valence-electron chi connectivity index (χ4n) is 8.75. The van der Waals surface area contributed by atoms with Gasteiger partial charge in [0.2, 0.25) is 0 Å². The number of rotatable bonds is 10. The predicted octanol–water partition coefficient (Wildman–Crippen LogP) is 2.01. The second-order valence-corrected chi connectivity index (χ2v) is 16.9. The molecule has 0 spiro atoms. The molecule has 3 aliphatic rings. The molecule has 0 amide bonds. The first-order chi connectivity index (χ1) is 25.0. The fourth-order valence-corrected chi connectivity index (χ4v) is 8.75. The Morgan fingerprint density at radius 3 is 2.09 bits per heavy atom. The summed E-state index contributed by atoms with van der Waals surface area (Å²) in [6, 6.07) is -0.340. The van der Waals surface area contributed by atoms with Crippen LogP contribution in [0.5, 0.6) is 0 Å². The molecule has 2 unspecified atom stereocenters. The molecule has 15 nitrogen and oxygen atoms in total. The number of aldehydes is 1. The van der Waals surface area contributed by atoms with Crippen LogP contribution in [0.2, 0.25) is 0 Å². The summed E-state index contributed by atoms with van der Waals surface area (Å²) in [7, 11) is 5.18. The van der Waals surface area contributed by atoms with Crippen LogP contribution in [-0.4, -0.2) is 155 Å². The number of methoxy groups -OCH3 is 1. The molecule has 3 fully saturated rings. The van der Waals surface area contributed by atoms with Gasteiger partial charge >= 0.3 is 5.97 Å². The first-order valence-corrected chi connectivity index (χ1v) is 19.4. The maximum absolute atomic E-state index is 14.2.